The van der Waals surface area contributed by atoms with E-state index in [-0.39, 0.29) is 0 Å². The van der Waals surface area contributed by atoms with E-state index >= 15 is 0 Å². The van der Waals surface area contributed by atoms with E-state index in [1.165, 1.54) is 64.2 Å². The highest BCUT2D eigenvalue weighted by Gasteiger charge is 2.13. The molecule has 0 bridgehead atoms. The molecule has 0 saturated carbocycles. The van der Waals surface area contributed by atoms with Gasteiger partial charge in [0.1, 0.15) is 6.10 Å². The smallest absolute Gasteiger partial charge is 0.183 e. The summed E-state index contributed by atoms with van der Waals surface area (Å²) in [6.45, 7) is 5.20. The second kappa shape index (κ2) is 14.5. The third-order valence-electron chi connectivity index (χ3n) is 4.20. The number of hydrogen-bond donors (Lipinski definition) is 0. The van der Waals surface area contributed by atoms with Gasteiger partial charge in [-0.2, -0.15) is 0 Å². The Hall–Kier alpha value is -1.05. The number of rotatable bonds is 14. The normalized spacial score (nSPS) is 18.0. The maximum atomic E-state index is 5.62. The average molecular weight is 320 g/mol. The largest absolute Gasteiger partial charge is 0.476 e. The maximum Gasteiger partial charge on any atom is 0.183 e. The van der Waals surface area contributed by atoms with Gasteiger partial charge in [0.2, 0.25) is 0 Å². The second-order valence-electron chi connectivity index (χ2n) is 6.64. The van der Waals surface area contributed by atoms with Gasteiger partial charge in [0.25, 0.3) is 0 Å². The van der Waals surface area contributed by atoms with Gasteiger partial charge in [-0.25, -0.2) is 0 Å². The predicted octanol–water partition coefficient (Wildman–Crippen LogP) is 6.62. The summed E-state index contributed by atoms with van der Waals surface area (Å²) < 4.78 is 5.62. The van der Waals surface area contributed by atoms with E-state index in [1.54, 1.807) is 0 Å². The topological polar surface area (TPSA) is 21.6 Å². The van der Waals surface area contributed by atoms with Crippen LogP contribution in [0, 0.1) is 0 Å². The van der Waals surface area contributed by atoms with Crippen molar-refractivity contribution in [3.63, 3.8) is 0 Å². The Kier molecular flexibility index (Phi) is 12.6. The Morgan fingerprint density at radius 2 is 1.57 bits per heavy atom. The standard InChI is InChI=1S/C21H37NO/c1-3-4-5-6-7-8-9-10-11-12-13-14-15-16-17-18-21-22-19-20(2)23-21/h7-8,10-11,20H,3-6,9,12-19H2,1-2H3. The fourth-order valence-electron chi connectivity index (χ4n) is 2.76. The Labute approximate surface area is 144 Å². The molecule has 0 aromatic carbocycles. The number of aliphatic imine (C=N–C) groups is 1. The molecule has 2 nitrogen and oxygen atoms in total. The summed E-state index contributed by atoms with van der Waals surface area (Å²) in [6.07, 6.45) is 24.8. The van der Waals surface area contributed by atoms with Crippen molar-refractivity contribution in [1.82, 2.24) is 0 Å². The van der Waals surface area contributed by atoms with E-state index in [0.29, 0.717) is 6.10 Å². The van der Waals surface area contributed by atoms with Crippen molar-refractivity contribution in [2.75, 3.05) is 6.54 Å². The lowest BCUT2D eigenvalue weighted by atomic mass is 10.1. The van der Waals surface area contributed by atoms with Crippen molar-refractivity contribution < 1.29 is 4.74 Å². The van der Waals surface area contributed by atoms with Gasteiger partial charge in [0, 0.05) is 6.42 Å². The van der Waals surface area contributed by atoms with Gasteiger partial charge >= 0.3 is 0 Å². The molecule has 132 valence electrons. The molecule has 1 unspecified atom stereocenters. The van der Waals surface area contributed by atoms with Crippen LogP contribution in [0.15, 0.2) is 29.3 Å². The van der Waals surface area contributed by atoms with Crippen LogP contribution in [-0.2, 0) is 4.74 Å². The summed E-state index contributed by atoms with van der Waals surface area (Å²) in [5.41, 5.74) is 0. The fraction of sp³-hybridized carbons (Fsp3) is 0.762. The van der Waals surface area contributed by atoms with Crippen LogP contribution in [0.2, 0.25) is 0 Å². The Balaban J connectivity index is 1.79. The lowest BCUT2D eigenvalue weighted by Gasteiger charge is -2.05. The van der Waals surface area contributed by atoms with Crippen LogP contribution in [0.1, 0.15) is 90.9 Å². The summed E-state index contributed by atoms with van der Waals surface area (Å²) in [4.78, 5) is 4.40. The van der Waals surface area contributed by atoms with E-state index in [2.05, 4.69) is 43.1 Å². The van der Waals surface area contributed by atoms with Crippen LogP contribution >= 0.6 is 0 Å². The molecule has 0 aromatic heterocycles. The third kappa shape index (κ3) is 12.1. The van der Waals surface area contributed by atoms with Crippen molar-refractivity contribution in [2.45, 2.75) is 97.0 Å². The highest BCUT2D eigenvalue weighted by molar-refractivity contribution is 5.77. The van der Waals surface area contributed by atoms with Gasteiger partial charge in [0.05, 0.1) is 6.54 Å². The summed E-state index contributed by atoms with van der Waals surface area (Å²) in [5, 5.41) is 0. The van der Waals surface area contributed by atoms with E-state index in [9.17, 15) is 0 Å². The van der Waals surface area contributed by atoms with E-state index in [0.717, 1.165) is 25.3 Å². The molecular formula is C21H37NO. The summed E-state index contributed by atoms with van der Waals surface area (Å²) in [7, 11) is 0. The van der Waals surface area contributed by atoms with Crippen LogP contribution in [0.25, 0.3) is 0 Å². The molecule has 1 aliphatic rings. The van der Waals surface area contributed by atoms with Gasteiger partial charge in [-0.1, -0.05) is 63.3 Å². The van der Waals surface area contributed by atoms with Crippen molar-refractivity contribution >= 4 is 5.90 Å². The Bertz CT molecular complexity index is 357. The monoisotopic (exact) mass is 319 g/mol. The molecule has 0 N–H and O–H groups in total. The van der Waals surface area contributed by atoms with E-state index in [4.69, 9.17) is 4.74 Å². The highest BCUT2D eigenvalue weighted by Crippen LogP contribution is 2.12. The van der Waals surface area contributed by atoms with Crippen LogP contribution < -0.4 is 0 Å². The molecule has 0 radical (unpaired) electrons. The van der Waals surface area contributed by atoms with Crippen LogP contribution in [-0.4, -0.2) is 18.5 Å². The molecule has 0 aliphatic carbocycles. The quantitative estimate of drug-likeness (QED) is 0.260. The fourth-order valence-corrected chi connectivity index (χ4v) is 2.76. The lowest BCUT2D eigenvalue weighted by Crippen LogP contribution is -2.07. The van der Waals surface area contributed by atoms with E-state index < -0.39 is 0 Å². The molecule has 1 atom stereocenters. The molecule has 0 spiro atoms. The lowest BCUT2D eigenvalue weighted by molar-refractivity contribution is 0.238. The number of allylic oxidation sites excluding steroid dienone is 4. The molecule has 0 fully saturated rings. The molecule has 1 rings (SSSR count). The maximum absolute atomic E-state index is 5.62. The first-order valence-electron chi connectivity index (χ1n) is 9.83. The average Bonchev–Trinajstić information content (AvgIpc) is 2.96. The van der Waals surface area contributed by atoms with Gasteiger partial charge < -0.3 is 4.74 Å². The van der Waals surface area contributed by atoms with Gasteiger partial charge in [-0.3, -0.25) is 4.99 Å². The Morgan fingerprint density at radius 3 is 2.22 bits per heavy atom. The minimum Gasteiger partial charge on any atom is -0.476 e. The summed E-state index contributed by atoms with van der Waals surface area (Å²) in [5.74, 6) is 0.989. The minimum absolute atomic E-state index is 0.308. The van der Waals surface area contributed by atoms with Crippen molar-refractivity contribution in [2.24, 2.45) is 4.99 Å². The molecule has 0 saturated heterocycles. The first kappa shape index (κ1) is 20.0. The van der Waals surface area contributed by atoms with Gasteiger partial charge in [-0.05, 0) is 45.4 Å². The molecule has 2 heteroatoms. The molecule has 0 amide bonds. The third-order valence-corrected chi connectivity index (χ3v) is 4.20. The molecule has 23 heavy (non-hydrogen) atoms. The molecule has 0 aromatic rings. The SMILES string of the molecule is CCCCCC=CCC=CCCCCCCCC1=NCC(C)O1. The predicted molar refractivity (Wildman–Crippen MR) is 102 cm³/mol. The van der Waals surface area contributed by atoms with Crippen molar-refractivity contribution in [1.29, 1.82) is 0 Å². The van der Waals surface area contributed by atoms with Crippen molar-refractivity contribution in [3.8, 4) is 0 Å². The Morgan fingerprint density at radius 1 is 0.913 bits per heavy atom. The summed E-state index contributed by atoms with van der Waals surface area (Å²) in [6, 6.07) is 0. The van der Waals surface area contributed by atoms with Crippen LogP contribution in [0.3, 0.4) is 0 Å². The number of nitrogens with zero attached hydrogens (tertiary/aromatic N) is 1. The summed E-state index contributed by atoms with van der Waals surface area (Å²) >= 11 is 0. The zero-order chi connectivity index (χ0) is 16.6. The molecular weight excluding hydrogens is 282 g/mol. The first-order valence-corrected chi connectivity index (χ1v) is 9.83. The number of hydrogen-bond acceptors (Lipinski definition) is 2. The first-order chi connectivity index (χ1) is 11.3. The minimum atomic E-state index is 0.308. The zero-order valence-corrected chi connectivity index (χ0v) is 15.4. The highest BCUT2D eigenvalue weighted by atomic mass is 16.5. The molecule has 1 aliphatic heterocycles. The number of ether oxygens (including phenoxy) is 1. The molecule has 1 heterocycles. The van der Waals surface area contributed by atoms with Crippen LogP contribution in [0.4, 0.5) is 0 Å². The van der Waals surface area contributed by atoms with Crippen LogP contribution in [0.5, 0.6) is 0 Å². The second-order valence-corrected chi connectivity index (χ2v) is 6.64. The van der Waals surface area contributed by atoms with Crippen molar-refractivity contribution in [3.05, 3.63) is 24.3 Å². The van der Waals surface area contributed by atoms with Gasteiger partial charge in [0.15, 0.2) is 5.90 Å². The number of unbranched alkanes of at least 4 members (excludes halogenated alkanes) is 8. The zero-order valence-electron chi connectivity index (χ0n) is 15.4. The van der Waals surface area contributed by atoms with Gasteiger partial charge in [-0.15, -0.1) is 0 Å². The van der Waals surface area contributed by atoms with E-state index in [1.807, 2.05) is 0 Å².